The first-order valence-electron chi connectivity index (χ1n) is 11.5. The van der Waals surface area contributed by atoms with Crippen molar-refractivity contribution in [1.29, 1.82) is 0 Å². The van der Waals surface area contributed by atoms with E-state index in [1.807, 2.05) is 12.1 Å². The Balaban J connectivity index is 1.68. The van der Waals surface area contributed by atoms with Gasteiger partial charge in [0, 0.05) is 39.3 Å². The van der Waals surface area contributed by atoms with Crippen LogP contribution in [0.25, 0.3) is 10.9 Å². The molecule has 2 N–H and O–H groups in total. The standard InChI is InChI=1S/C26H25BrClF2N3O3/c1-14-24(26(36)31-11-15(6-9-23(34)35)17-4-2-3-5-19(17)28)18-10-16(27)7-8-22(18)32-25(14)33-12-20(29)21(30)13-33/h2-5,7-8,10,15,20-21H,6,9,11-13H2,1H3,(H,31,36)(H,34,35). The average Bonchev–Trinajstić information content (AvgIpc) is 3.17. The summed E-state index contributed by atoms with van der Waals surface area (Å²) in [4.78, 5) is 30.9. The summed E-state index contributed by atoms with van der Waals surface area (Å²) >= 11 is 9.80. The van der Waals surface area contributed by atoms with E-state index in [4.69, 9.17) is 11.6 Å². The Hall–Kier alpha value is -2.78. The zero-order valence-corrected chi connectivity index (χ0v) is 21.8. The molecule has 36 heavy (non-hydrogen) atoms. The van der Waals surface area contributed by atoms with Crippen LogP contribution in [0.4, 0.5) is 14.6 Å². The maximum Gasteiger partial charge on any atom is 0.303 e. The third-order valence-corrected chi connectivity index (χ3v) is 7.27. The zero-order valence-electron chi connectivity index (χ0n) is 19.5. The highest BCUT2D eigenvalue weighted by atomic mass is 79.9. The van der Waals surface area contributed by atoms with Crippen LogP contribution in [0.5, 0.6) is 0 Å². The summed E-state index contributed by atoms with van der Waals surface area (Å²) in [5.41, 5.74) is 2.14. The van der Waals surface area contributed by atoms with Gasteiger partial charge in [-0.05, 0) is 43.2 Å². The predicted octanol–water partition coefficient (Wildman–Crippen LogP) is 5.83. The molecular formula is C26H25BrClF2N3O3. The molecule has 0 spiro atoms. The quantitative estimate of drug-likeness (QED) is 0.350. The van der Waals surface area contributed by atoms with Crippen molar-refractivity contribution in [3.05, 3.63) is 68.7 Å². The first-order valence-corrected chi connectivity index (χ1v) is 12.7. The fourth-order valence-corrected chi connectivity index (χ4v) is 5.24. The number of halogens is 4. The van der Waals surface area contributed by atoms with Crippen LogP contribution in [0, 0.1) is 6.92 Å². The highest BCUT2D eigenvalue weighted by Crippen LogP contribution is 2.33. The lowest BCUT2D eigenvalue weighted by Gasteiger charge is -2.23. The second kappa shape index (κ2) is 11.1. The van der Waals surface area contributed by atoms with Gasteiger partial charge in [0.25, 0.3) is 5.91 Å². The minimum atomic E-state index is -1.62. The van der Waals surface area contributed by atoms with Crippen molar-refractivity contribution in [2.45, 2.75) is 38.0 Å². The average molecular weight is 581 g/mol. The molecule has 1 saturated heterocycles. The Kier molecular flexibility index (Phi) is 8.10. The largest absolute Gasteiger partial charge is 0.481 e. The van der Waals surface area contributed by atoms with Crippen molar-refractivity contribution in [3.8, 4) is 0 Å². The van der Waals surface area contributed by atoms with Crippen LogP contribution < -0.4 is 10.2 Å². The third-order valence-electron chi connectivity index (χ3n) is 6.43. The van der Waals surface area contributed by atoms with Crippen LogP contribution in [-0.2, 0) is 4.79 Å². The minimum Gasteiger partial charge on any atom is -0.481 e. The lowest BCUT2D eigenvalue weighted by molar-refractivity contribution is -0.137. The summed E-state index contributed by atoms with van der Waals surface area (Å²) < 4.78 is 28.7. The molecule has 2 aromatic carbocycles. The van der Waals surface area contributed by atoms with Gasteiger partial charge in [0.2, 0.25) is 0 Å². The highest BCUT2D eigenvalue weighted by Gasteiger charge is 2.35. The lowest BCUT2D eigenvalue weighted by Crippen LogP contribution is -2.31. The van der Waals surface area contributed by atoms with E-state index in [1.165, 1.54) is 4.90 Å². The SMILES string of the molecule is Cc1c(N2CC(F)C(F)C2)nc2ccc(Br)cc2c1C(=O)NCC(CCC(=O)O)c1ccccc1Cl. The molecule has 1 amide bonds. The molecule has 1 aromatic heterocycles. The number of amides is 1. The number of fused-ring (bicyclic) bond motifs is 1. The van der Waals surface area contributed by atoms with Crippen molar-refractivity contribution in [2.24, 2.45) is 0 Å². The summed E-state index contributed by atoms with van der Waals surface area (Å²) in [6, 6.07) is 12.5. The van der Waals surface area contributed by atoms with Crippen LogP contribution in [-0.4, -0.2) is 53.9 Å². The molecule has 0 aliphatic carbocycles. The Morgan fingerprint density at radius 3 is 2.58 bits per heavy atom. The van der Waals surface area contributed by atoms with E-state index >= 15 is 0 Å². The second-order valence-electron chi connectivity index (χ2n) is 8.89. The summed E-state index contributed by atoms with van der Waals surface area (Å²) in [7, 11) is 0. The van der Waals surface area contributed by atoms with Gasteiger partial charge < -0.3 is 15.3 Å². The van der Waals surface area contributed by atoms with Gasteiger partial charge >= 0.3 is 5.97 Å². The van der Waals surface area contributed by atoms with Crippen molar-refractivity contribution in [3.63, 3.8) is 0 Å². The number of hydrogen-bond acceptors (Lipinski definition) is 4. The fourth-order valence-electron chi connectivity index (χ4n) is 4.59. The number of carboxylic acids is 1. The van der Waals surface area contributed by atoms with Gasteiger partial charge in [0.15, 0.2) is 12.3 Å². The number of alkyl halides is 2. The first kappa shape index (κ1) is 26.3. The molecule has 1 aliphatic rings. The number of pyridine rings is 1. The number of carbonyl (C=O) groups excluding carboxylic acids is 1. The van der Waals surface area contributed by atoms with E-state index in [2.05, 4.69) is 26.2 Å². The van der Waals surface area contributed by atoms with Gasteiger partial charge in [-0.2, -0.15) is 0 Å². The topological polar surface area (TPSA) is 82.5 Å². The summed E-state index contributed by atoms with van der Waals surface area (Å²) in [6.45, 7) is 1.60. The van der Waals surface area contributed by atoms with Crippen LogP contribution in [0.1, 0.15) is 40.2 Å². The van der Waals surface area contributed by atoms with Crippen molar-refractivity contribution in [1.82, 2.24) is 10.3 Å². The lowest BCUT2D eigenvalue weighted by atomic mass is 9.93. The number of aromatic nitrogens is 1. The molecule has 1 aliphatic heterocycles. The highest BCUT2D eigenvalue weighted by molar-refractivity contribution is 9.10. The molecule has 1 fully saturated rings. The molecule has 190 valence electrons. The Morgan fingerprint density at radius 1 is 1.22 bits per heavy atom. The molecule has 0 saturated carbocycles. The predicted molar refractivity (Wildman–Crippen MR) is 140 cm³/mol. The molecule has 0 bridgehead atoms. The maximum absolute atomic E-state index is 14.0. The number of anilines is 1. The minimum absolute atomic E-state index is 0.0795. The molecular weight excluding hydrogens is 556 g/mol. The Labute approximate surface area is 220 Å². The third kappa shape index (κ3) is 5.62. The van der Waals surface area contributed by atoms with Gasteiger partial charge in [0.05, 0.1) is 24.2 Å². The van der Waals surface area contributed by atoms with Gasteiger partial charge in [-0.15, -0.1) is 0 Å². The summed E-state index contributed by atoms with van der Waals surface area (Å²) in [5.74, 6) is -1.28. The molecule has 3 unspecified atom stereocenters. The van der Waals surface area contributed by atoms with Crippen LogP contribution in [0.3, 0.4) is 0 Å². The Bertz CT molecular complexity index is 1300. The van der Waals surface area contributed by atoms with Crippen molar-refractivity contribution in [2.75, 3.05) is 24.5 Å². The second-order valence-corrected chi connectivity index (χ2v) is 10.2. The number of hydrogen-bond donors (Lipinski definition) is 2. The van der Waals surface area contributed by atoms with E-state index in [0.29, 0.717) is 32.9 Å². The van der Waals surface area contributed by atoms with E-state index in [0.717, 1.165) is 10.0 Å². The van der Waals surface area contributed by atoms with E-state index < -0.39 is 18.3 Å². The van der Waals surface area contributed by atoms with Gasteiger partial charge in [-0.25, -0.2) is 13.8 Å². The van der Waals surface area contributed by atoms with Crippen LogP contribution >= 0.6 is 27.5 Å². The maximum atomic E-state index is 14.0. The van der Waals surface area contributed by atoms with Gasteiger partial charge in [0.1, 0.15) is 5.82 Å². The number of nitrogens with zero attached hydrogens (tertiary/aromatic N) is 2. The molecule has 10 heteroatoms. The summed E-state index contributed by atoms with van der Waals surface area (Å²) in [5, 5.41) is 13.2. The van der Waals surface area contributed by atoms with Gasteiger partial charge in [-0.3, -0.25) is 9.59 Å². The molecule has 4 rings (SSSR count). The monoisotopic (exact) mass is 579 g/mol. The normalized spacial score (nSPS) is 18.4. The Morgan fingerprint density at radius 2 is 1.92 bits per heavy atom. The number of benzene rings is 2. The summed E-state index contributed by atoms with van der Waals surface area (Å²) in [6.07, 6.45) is -3.02. The molecule has 3 atom stereocenters. The van der Waals surface area contributed by atoms with Crippen LogP contribution in [0.15, 0.2) is 46.9 Å². The van der Waals surface area contributed by atoms with Gasteiger partial charge in [-0.1, -0.05) is 45.7 Å². The number of rotatable bonds is 8. The number of aliphatic carboxylic acids is 1. The van der Waals surface area contributed by atoms with Crippen LogP contribution in [0.2, 0.25) is 5.02 Å². The van der Waals surface area contributed by atoms with E-state index in [1.54, 1.807) is 37.3 Å². The fraction of sp³-hybridized carbons (Fsp3) is 0.346. The number of carbonyl (C=O) groups is 2. The zero-order chi connectivity index (χ0) is 26.0. The molecule has 3 aromatic rings. The van der Waals surface area contributed by atoms with E-state index in [9.17, 15) is 23.5 Å². The molecule has 6 nitrogen and oxygen atoms in total. The molecule has 0 radical (unpaired) electrons. The van der Waals surface area contributed by atoms with Crippen molar-refractivity contribution >= 4 is 56.1 Å². The number of nitrogens with one attached hydrogen (secondary N) is 1. The first-order chi connectivity index (χ1) is 17.2. The number of carboxylic acid groups (broad SMARTS) is 1. The van der Waals surface area contributed by atoms with Crippen molar-refractivity contribution < 1.29 is 23.5 Å². The van der Waals surface area contributed by atoms with E-state index in [-0.39, 0.29) is 44.3 Å². The molecule has 2 heterocycles. The smallest absolute Gasteiger partial charge is 0.303 e.